The van der Waals surface area contributed by atoms with Crippen molar-refractivity contribution in [2.24, 2.45) is 0 Å². The molecule has 0 unspecified atom stereocenters. The van der Waals surface area contributed by atoms with E-state index in [0.717, 1.165) is 0 Å². The Morgan fingerprint density at radius 1 is 1.11 bits per heavy atom. The second-order valence-corrected chi connectivity index (χ2v) is 1.38. The van der Waals surface area contributed by atoms with E-state index in [4.69, 9.17) is 0 Å². The highest BCUT2D eigenvalue weighted by molar-refractivity contribution is 6.61. The van der Waals surface area contributed by atoms with E-state index in [1.165, 1.54) is 5.64 Å². The van der Waals surface area contributed by atoms with Crippen molar-refractivity contribution in [3.05, 3.63) is 0 Å². The monoisotopic (exact) mass is 173 g/mol. The molecule has 0 atom stereocenters. The highest BCUT2D eigenvalue weighted by Gasteiger charge is 1.97. The van der Waals surface area contributed by atoms with Gasteiger partial charge in [-0.15, -0.1) is 0 Å². The lowest BCUT2D eigenvalue weighted by molar-refractivity contribution is -0.0679. The maximum absolute atomic E-state index is 9.67. The third kappa shape index (κ3) is 7.48. The molecule has 0 aliphatic heterocycles. The van der Waals surface area contributed by atoms with Crippen LogP contribution < -0.4 is 5.64 Å². The number of rotatable bonds is 2. The summed E-state index contributed by atoms with van der Waals surface area (Å²) in [7, 11) is 0. The van der Waals surface area contributed by atoms with Crippen molar-refractivity contribution >= 4 is 34.1 Å². The van der Waals surface area contributed by atoms with Gasteiger partial charge in [-0.2, -0.15) is 0 Å². The first-order valence-corrected chi connectivity index (χ1v) is 2.36. The quantitative estimate of drug-likeness (QED) is 0.502. The molecule has 0 bridgehead atoms. The zero-order chi connectivity index (χ0) is 7.28. The summed E-state index contributed by atoms with van der Waals surface area (Å²) < 4.78 is 0. The minimum Gasteiger partial charge on any atom is -0.321 e. The van der Waals surface area contributed by atoms with Gasteiger partial charge in [-0.05, 0) is 0 Å². The number of carbonyl (C=O) groups excluding carboxylic acids is 2. The predicted molar refractivity (Wildman–Crippen MR) is 27.8 cm³/mol. The van der Waals surface area contributed by atoms with Crippen LogP contribution in [0.15, 0.2) is 0 Å². The molecule has 7 heteroatoms. The Kier molecular flexibility index (Phi) is 4.12. The number of carbonyl (C=O) groups is 2. The van der Waals surface area contributed by atoms with E-state index in [2.05, 4.69) is 32.9 Å². The van der Waals surface area contributed by atoms with Crippen LogP contribution in [0.3, 0.4) is 0 Å². The Bertz CT molecular complexity index is 112. The minimum absolute atomic E-state index is 1.16. The summed E-state index contributed by atoms with van der Waals surface area (Å²) in [6, 6.07) is 0. The molecule has 0 spiro atoms. The Morgan fingerprint density at radius 2 is 1.44 bits per heavy atom. The van der Waals surface area contributed by atoms with Gasteiger partial charge in [0, 0.05) is 28.8 Å². The summed E-state index contributed by atoms with van der Waals surface area (Å²) in [4.78, 5) is 26.7. The highest BCUT2D eigenvalue weighted by atomic mass is 35.5. The molecule has 0 fully saturated rings. The molecule has 0 radical (unpaired) electrons. The fourth-order valence-electron chi connectivity index (χ4n) is 0.0864. The van der Waals surface area contributed by atoms with Crippen LogP contribution in [0.2, 0.25) is 0 Å². The van der Waals surface area contributed by atoms with Crippen LogP contribution in [0.5, 0.6) is 0 Å². The average Bonchev–Trinajstić information content (AvgIpc) is 1.63. The SMILES string of the molecule is O=C(Cl)ONOC(=O)Cl. The largest absolute Gasteiger partial charge is 0.425 e. The summed E-state index contributed by atoms with van der Waals surface area (Å²) in [5.41, 5.74) is -0.897. The van der Waals surface area contributed by atoms with Crippen molar-refractivity contribution in [3.63, 3.8) is 0 Å². The van der Waals surface area contributed by atoms with Gasteiger partial charge >= 0.3 is 10.9 Å². The third-order valence-corrected chi connectivity index (χ3v) is 0.398. The average molecular weight is 174 g/mol. The van der Waals surface area contributed by atoms with Gasteiger partial charge in [0.25, 0.3) is 0 Å². The third-order valence-electron chi connectivity index (χ3n) is 0.244. The topological polar surface area (TPSA) is 64.6 Å². The molecule has 0 amide bonds. The molecule has 0 aliphatic carbocycles. The van der Waals surface area contributed by atoms with Crippen LogP contribution in [0, 0.1) is 0 Å². The van der Waals surface area contributed by atoms with Crippen molar-refractivity contribution in [3.8, 4) is 0 Å². The van der Waals surface area contributed by atoms with Gasteiger partial charge in [0.05, 0.1) is 0 Å². The van der Waals surface area contributed by atoms with E-state index in [9.17, 15) is 9.59 Å². The molecular weight excluding hydrogens is 173 g/mol. The number of hydrogen-bond acceptors (Lipinski definition) is 5. The molecule has 0 aromatic rings. The molecule has 0 aromatic carbocycles. The molecule has 9 heavy (non-hydrogen) atoms. The number of halogens is 2. The lowest BCUT2D eigenvalue weighted by Gasteiger charge is -1.96. The zero-order valence-electron chi connectivity index (χ0n) is 3.89. The van der Waals surface area contributed by atoms with Crippen molar-refractivity contribution < 1.29 is 19.3 Å². The first kappa shape index (κ1) is 8.48. The molecule has 0 aromatic heterocycles. The molecular formula is C2HCl2NO4. The van der Waals surface area contributed by atoms with Crippen LogP contribution in [-0.4, -0.2) is 10.9 Å². The van der Waals surface area contributed by atoms with E-state index >= 15 is 0 Å². The normalized spacial score (nSPS) is 8.22. The molecule has 0 rings (SSSR count). The Labute approximate surface area is 59.7 Å². The molecule has 52 valence electrons. The van der Waals surface area contributed by atoms with Gasteiger partial charge in [0.15, 0.2) is 0 Å². The standard InChI is InChI=1S/C2HCl2NO4/c3-1(6)8-5-9-2(4)7/h5H. The summed E-state index contributed by atoms with van der Waals surface area (Å²) in [5.74, 6) is 0. The fraction of sp³-hybridized carbons (Fsp3) is 0. The highest BCUT2D eigenvalue weighted by Crippen LogP contribution is 1.85. The van der Waals surface area contributed by atoms with Crippen LogP contribution in [-0.2, 0) is 9.68 Å². The first-order chi connectivity index (χ1) is 4.13. The molecule has 0 saturated carbocycles. The van der Waals surface area contributed by atoms with Gasteiger partial charge in [-0.3, -0.25) is 0 Å². The van der Waals surface area contributed by atoms with Gasteiger partial charge in [-0.25, -0.2) is 9.59 Å². The Hall–Kier alpha value is -0.520. The van der Waals surface area contributed by atoms with Crippen LogP contribution in [0.4, 0.5) is 9.59 Å². The van der Waals surface area contributed by atoms with Crippen LogP contribution >= 0.6 is 23.2 Å². The van der Waals surface area contributed by atoms with Gasteiger partial charge in [0.1, 0.15) is 0 Å². The van der Waals surface area contributed by atoms with Gasteiger partial charge in [-0.1, -0.05) is 0 Å². The van der Waals surface area contributed by atoms with Gasteiger partial charge in [0.2, 0.25) is 0 Å². The number of hydrogen-bond donors (Lipinski definition) is 1. The van der Waals surface area contributed by atoms with Crippen LogP contribution in [0.25, 0.3) is 0 Å². The summed E-state index contributed by atoms with van der Waals surface area (Å²) in [5, 5.41) is 0. The lowest BCUT2D eigenvalue weighted by Crippen LogP contribution is -2.17. The van der Waals surface area contributed by atoms with E-state index in [-0.39, 0.29) is 0 Å². The molecule has 0 aliphatic rings. The van der Waals surface area contributed by atoms with E-state index in [1.807, 2.05) is 0 Å². The van der Waals surface area contributed by atoms with Crippen molar-refractivity contribution in [1.82, 2.24) is 5.64 Å². The number of nitrogens with one attached hydrogen (secondary N) is 1. The summed E-state index contributed by atoms with van der Waals surface area (Å²) in [6.07, 6.45) is 0. The maximum Gasteiger partial charge on any atom is 0.425 e. The Balaban J connectivity index is 3.10. The Morgan fingerprint density at radius 3 is 1.67 bits per heavy atom. The molecule has 1 N–H and O–H groups in total. The van der Waals surface area contributed by atoms with Crippen molar-refractivity contribution in [1.29, 1.82) is 0 Å². The second-order valence-electron chi connectivity index (χ2n) is 0.763. The van der Waals surface area contributed by atoms with Crippen LogP contribution in [0.1, 0.15) is 0 Å². The summed E-state index contributed by atoms with van der Waals surface area (Å²) in [6.45, 7) is 0. The lowest BCUT2D eigenvalue weighted by atomic mass is 11.6. The van der Waals surface area contributed by atoms with E-state index in [0.29, 0.717) is 0 Å². The van der Waals surface area contributed by atoms with E-state index in [1.54, 1.807) is 0 Å². The maximum atomic E-state index is 9.67. The molecule has 5 nitrogen and oxygen atoms in total. The van der Waals surface area contributed by atoms with Crippen molar-refractivity contribution in [2.45, 2.75) is 0 Å². The second kappa shape index (κ2) is 4.37. The molecule has 0 saturated heterocycles. The van der Waals surface area contributed by atoms with Gasteiger partial charge < -0.3 is 9.68 Å². The first-order valence-electron chi connectivity index (χ1n) is 1.60. The van der Waals surface area contributed by atoms with E-state index < -0.39 is 10.9 Å². The summed E-state index contributed by atoms with van der Waals surface area (Å²) >= 11 is 9.21. The zero-order valence-corrected chi connectivity index (χ0v) is 5.40. The smallest absolute Gasteiger partial charge is 0.321 e. The molecule has 0 heterocycles. The fourth-order valence-corrected chi connectivity index (χ4v) is 0.149. The van der Waals surface area contributed by atoms with Crippen molar-refractivity contribution in [2.75, 3.05) is 0 Å². The minimum atomic E-state index is -1.16. The predicted octanol–water partition coefficient (Wildman–Crippen LogP) is 1.16.